The van der Waals surface area contributed by atoms with Gasteiger partial charge in [-0.3, -0.25) is 9.59 Å². The van der Waals surface area contributed by atoms with Crippen LogP contribution in [0.3, 0.4) is 0 Å². The molecule has 4 nitrogen and oxygen atoms in total. The molecule has 0 aromatic rings. The Bertz CT molecular complexity index is 250. The number of likely N-dealkylation sites (tertiary alicyclic amines) is 1. The Morgan fingerprint density at radius 2 is 2.20 bits per heavy atom. The topological polar surface area (TPSA) is 57.6 Å². The molecule has 0 radical (unpaired) electrons. The molecule has 86 valence electrons. The first-order valence-corrected chi connectivity index (χ1v) is 5.50. The predicted octanol–water partition coefficient (Wildman–Crippen LogP) is 1.36. The summed E-state index contributed by atoms with van der Waals surface area (Å²) in [6, 6.07) is 0. The number of carbonyl (C=O) groups excluding carboxylic acids is 1. The first kappa shape index (κ1) is 12.0. The van der Waals surface area contributed by atoms with Gasteiger partial charge in [-0.1, -0.05) is 13.8 Å². The number of carbonyl (C=O) groups is 2. The predicted molar refractivity (Wildman–Crippen MR) is 56.4 cm³/mol. The van der Waals surface area contributed by atoms with E-state index in [1.807, 2.05) is 0 Å². The van der Waals surface area contributed by atoms with Crippen LogP contribution < -0.4 is 0 Å². The maximum absolute atomic E-state index is 11.6. The number of hydrogen-bond donors (Lipinski definition) is 1. The van der Waals surface area contributed by atoms with Gasteiger partial charge in [0.25, 0.3) is 0 Å². The summed E-state index contributed by atoms with van der Waals surface area (Å²) < 4.78 is 0. The normalized spacial score (nSPS) is 23.0. The molecule has 0 saturated carbocycles. The Hall–Kier alpha value is -1.06. The Morgan fingerprint density at radius 3 is 2.73 bits per heavy atom. The number of rotatable bonds is 3. The molecule has 15 heavy (non-hydrogen) atoms. The van der Waals surface area contributed by atoms with Crippen molar-refractivity contribution < 1.29 is 14.7 Å². The molecule has 0 aromatic carbocycles. The largest absolute Gasteiger partial charge is 0.480 e. The van der Waals surface area contributed by atoms with E-state index in [0.29, 0.717) is 24.8 Å². The first-order valence-electron chi connectivity index (χ1n) is 5.50. The second-order valence-electron chi connectivity index (χ2n) is 4.54. The molecule has 1 unspecified atom stereocenters. The van der Waals surface area contributed by atoms with Gasteiger partial charge < -0.3 is 10.0 Å². The summed E-state index contributed by atoms with van der Waals surface area (Å²) in [5, 5.41) is 8.66. The minimum absolute atomic E-state index is 0.0134. The SMILES string of the molecule is CC(C)C1CCC(=O)N(CC(=O)O)CC1. The fourth-order valence-electron chi connectivity index (χ4n) is 2.05. The Balaban J connectivity index is 2.55. The molecule has 0 bridgehead atoms. The molecule has 0 spiro atoms. The van der Waals surface area contributed by atoms with E-state index in [1.54, 1.807) is 0 Å². The molecule has 1 atom stereocenters. The second-order valence-corrected chi connectivity index (χ2v) is 4.54. The van der Waals surface area contributed by atoms with Crippen molar-refractivity contribution in [2.45, 2.75) is 33.1 Å². The lowest BCUT2D eigenvalue weighted by molar-refractivity contribution is -0.144. The van der Waals surface area contributed by atoms with Gasteiger partial charge in [0, 0.05) is 13.0 Å². The molecule has 0 aromatic heterocycles. The highest BCUT2D eigenvalue weighted by Crippen LogP contribution is 2.24. The average Bonchev–Trinajstić information content (AvgIpc) is 2.29. The van der Waals surface area contributed by atoms with Gasteiger partial charge in [0.15, 0.2) is 0 Å². The lowest BCUT2D eigenvalue weighted by Gasteiger charge is -2.19. The van der Waals surface area contributed by atoms with Crippen LogP contribution in [0.5, 0.6) is 0 Å². The monoisotopic (exact) mass is 213 g/mol. The van der Waals surface area contributed by atoms with Crippen molar-refractivity contribution in [3.05, 3.63) is 0 Å². The maximum Gasteiger partial charge on any atom is 0.323 e. The van der Waals surface area contributed by atoms with Crippen LogP contribution in [-0.2, 0) is 9.59 Å². The zero-order chi connectivity index (χ0) is 11.4. The van der Waals surface area contributed by atoms with Crippen LogP contribution in [0, 0.1) is 11.8 Å². The molecule has 1 heterocycles. The van der Waals surface area contributed by atoms with Crippen molar-refractivity contribution >= 4 is 11.9 Å². The number of hydrogen-bond acceptors (Lipinski definition) is 2. The molecular formula is C11H19NO3. The standard InChI is InChI=1S/C11H19NO3/c1-8(2)9-3-4-10(13)12(6-5-9)7-11(14)15/h8-9H,3-7H2,1-2H3,(H,14,15). The number of carboxylic acid groups (broad SMARTS) is 1. The number of carboxylic acids is 1. The summed E-state index contributed by atoms with van der Waals surface area (Å²) >= 11 is 0. The highest BCUT2D eigenvalue weighted by Gasteiger charge is 2.25. The van der Waals surface area contributed by atoms with Gasteiger partial charge in [0.05, 0.1) is 0 Å². The lowest BCUT2D eigenvalue weighted by Crippen LogP contribution is -2.35. The van der Waals surface area contributed by atoms with Crippen LogP contribution >= 0.6 is 0 Å². The minimum Gasteiger partial charge on any atom is -0.480 e. The highest BCUT2D eigenvalue weighted by atomic mass is 16.4. The molecular weight excluding hydrogens is 194 g/mol. The molecule has 1 rings (SSSR count). The van der Waals surface area contributed by atoms with Gasteiger partial charge in [-0.25, -0.2) is 0 Å². The molecule has 1 aliphatic heterocycles. The maximum atomic E-state index is 11.6. The van der Waals surface area contributed by atoms with Gasteiger partial charge in [-0.05, 0) is 24.7 Å². The molecule has 0 aliphatic carbocycles. The van der Waals surface area contributed by atoms with E-state index in [0.717, 1.165) is 12.8 Å². The molecule has 1 saturated heterocycles. The molecule has 1 amide bonds. The van der Waals surface area contributed by atoms with Crippen molar-refractivity contribution in [1.29, 1.82) is 0 Å². The third-order valence-electron chi connectivity index (χ3n) is 3.12. The summed E-state index contributed by atoms with van der Waals surface area (Å²) in [6.07, 6.45) is 2.32. The van der Waals surface area contributed by atoms with Crippen LogP contribution in [0.4, 0.5) is 0 Å². The Morgan fingerprint density at radius 1 is 1.53 bits per heavy atom. The van der Waals surface area contributed by atoms with Gasteiger partial charge in [0.2, 0.25) is 5.91 Å². The number of nitrogens with zero attached hydrogens (tertiary/aromatic N) is 1. The molecule has 1 N–H and O–H groups in total. The fraction of sp³-hybridized carbons (Fsp3) is 0.818. The lowest BCUT2D eigenvalue weighted by atomic mass is 9.89. The second kappa shape index (κ2) is 5.14. The van der Waals surface area contributed by atoms with Crippen LogP contribution in [0.15, 0.2) is 0 Å². The fourth-order valence-corrected chi connectivity index (χ4v) is 2.05. The summed E-state index contributed by atoms with van der Waals surface area (Å²) in [7, 11) is 0. The molecule has 1 aliphatic rings. The minimum atomic E-state index is -0.925. The summed E-state index contributed by atoms with van der Waals surface area (Å²) in [5.41, 5.74) is 0. The van der Waals surface area contributed by atoms with E-state index in [1.165, 1.54) is 4.90 Å². The van der Waals surface area contributed by atoms with Crippen LogP contribution in [-0.4, -0.2) is 35.0 Å². The first-order chi connectivity index (χ1) is 7.00. The van der Waals surface area contributed by atoms with Crippen molar-refractivity contribution in [2.24, 2.45) is 11.8 Å². The zero-order valence-corrected chi connectivity index (χ0v) is 9.40. The Kier molecular flexibility index (Phi) is 4.12. The summed E-state index contributed by atoms with van der Waals surface area (Å²) in [5.74, 6) is 0.183. The number of aliphatic carboxylic acids is 1. The van der Waals surface area contributed by atoms with Crippen molar-refractivity contribution in [3.8, 4) is 0 Å². The Labute approximate surface area is 90.3 Å². The molecule has 4 heteroatoms. The van der Waals surface area contributed by atoms with E-state index in [4.69, 9.17) is 5.11 Å². The van der Waals surface area contributed by atoms with E-state index < -0.39 is 5.97 Å². The highest BCUT2D eigenvalue weighted by molar-refractivity contribution is 5.81. The van der Waals surface area contributed by atoms with Crippen molar-refractivity contribution in [1.82, 2.24) is 4.90 Å². The van der Waals surface area contributed by atoms with Crippen LogP contribution in [0.25, 0.3) is 0 Å². The van der Waals surface area contributed by atoms with Crippen molar-refractivity contribution in [3.63, 3.8) is 0 Å². The van der Waals surface area contributed by atoms with E-state index >= 15 is 0 Å². The quantitative estimate of drug-likeness (QED) is 0.770. The third-order valence-corrected chi connectivity index (χ3v) is 3.12. The molecule has 1 fully saturated rings. The summed E-state index contributed by atoms with van der Waals surface area (Å²) in [4.78, 5) is 23.6. The van der Waals surface area contributed by atoms with E-state index in [-0.39, 0.29) is 12.5 Å². The smallest absolute Gasteiger partial charge is 0.323 e. The van der Waals surface area contributed by atoms with Gasteiger partial charge in [-0.15, -0.1) is 0 Å². The van der Waals surface area contributed by atoms with Gasteiger partial charge in [-0.2, -0.15) is 0 Å². The number of amides is 1. The van der Waals surface area contributed by atoms with Crippen LogP contribution in [0.1, 0.15) is 33.1 Å². The van der Waals surface area contributed by atoms with Crippen molar-refractivity contribution in [2.75, 3.05) is 13.1 Å². The zero-order valence-electron chi connectivity index (χ0n) is 9.40. The van der Waals surface area contributed by atoms with Gasteiger partial charge >= 0.3 is 5.97 Å². The van der Waals surface area contributed by atoms with E-state index in [9.17, 15) is 9.59 Å². The third kappa shape index (κ3) is 3.53. The van der Waals surface area contributed by atoms with Crippen LogP contribution in [0.2, 0.25) is 0 Å². The average molecular weight is 213 g/mol. The van der Waals surface area contributed by atoms with Gasteiger partial charge in [0.1, 0.15) is 6.54 Å². The van der Waals surface area contributed by atoms with E-state index in [2.05, 4.69) is 13.8 Å². The summed E-state index contributed by atoms with van der Waals surface area (Å²) in [6.45, 7) is 4.75.